The van der Waals surface area contributed by atoms with Gasteiger partial charge in [0.2, 0.25) is 0 Å². The second kappa shape index (κ2) is 10.6. The minimum Gasteiger partial charge on any atom is -0.385 e. The number of halogens is 1. The number of hydrogen-bond donors (Lipinski definition) is 2. The lowest BCUT2D eigenvalue weighted by atomic mass is 10.4. The summed E-state index contributed by atoms with van der Waals surface area (Å²) in [6.07, 6.45) is 0.981. The van der Waals surface area contributed by atoms with E-state index in [4.69, 9.17) is 4.74 Å². The summed E-state index contributed by atoms with van der Waals surface area (Å²) in [4.78, 5) is 6.83. The highest BCUT2D eigenvalue weighted by Gasteiger charge is 1.99. The van der Waals surface area contributed by atoms with E-state index in [1.165, 1.54) is 9.75 Å². The van der Waals surface area contributed by atoms with Crippen molar-refractivity contribution >= 4 is 41.3 Å². The van der Waals surface area contributed by atoms with Gasteiger partial charge in [-0.2, -0.15) is 0 Å². The summed E-state index contributed by atoms with van der Waals surface area (Å²) >= 11 is 1.81. The van der Waals surface area contributed by atoms with Crippen LogP contribution in [-0.2, 0) is 11.3 Å². The molecule has 0 aliphatic carbocycles. The Morgan fingerprint density at radius 3 is 2.72 bits per heavy atom. The highest BCUT2D eigenvalue weighted by molar-refractivity contribution is 14.0. The lowest BCUT2D eigenvalue weighted by Crippen LogP contribution is -2.37. The van der Waals surface area contributed by atoms with Gasteiger partial charge in [-0.15, -0.1) is 35.3 Å². The molecular weight excluding hydrogens is 361 g/mol. The number of nitrogens with zero attached hydrogens (tertiary/aromatic N) is 1. The first-order valence-electron chi connectivity index (χ1n) is 5.75. The fraction of sp³-hybridized carbons (Fsp3) is 0.583. The van der Waals surface area contributed by atoms with Crippen LogP contribution in [0.25, 0.3) is 0 Å². The molecule has 0 saturated carbocycles. The minimum absolute atomic E-state index is 0. The second-order valence-corrected chi connectivity index (χ2v) is 5.08. The predicted octanol–water partition coefficient (Wildman–Crippen LogP) is 2.38. The zero-order chi connectivity index (χ0) is 12.5. The van der Waals surface area contributed by atoms with Gasteiger partial charge >= 0.3 is 0 Å². The fourth-order valence-corrected chi connectivity index (χ4v) is 2.22. The number of hydrogen-bond acceptors (Lipinski definition) is 3. The second-order valence-electron chi connectivity index (χ2n) is 3.71. The molecule has 4 nitrogen and oxygen atoms in total. The van der Waals surface area contributed by atoms with Crippen LogP contribution in [0.2, 0.25) is 0 Å². The average Bonchev–Trinajstić information content (AvgIpc) is 2.74. The third-order valence-corrected chi connectivity index (χ3v) is 3.27. The highest BCUT2D eigenvalue weighted by atomic mass is 127. The minimum atomic E-state index is 0. The van der Waals surface area contributed by atoms with Crippen molar-refractivity contribution in [1.29, 1.82) is 0 Å². The molecule has 18 heavy (non-hydrogen) atoms. The topological polar surface area (TPSA) is 45.7 Å². The fourth-order valence-electron chi connectivity index (χ4n) is 1.39. The van der Waals surface area contributed by atoms with E-state index in [1.807, 2.05) is 0 Å². The molecule has 0 amide bonds. The number of aryl methyl sites for hydroxylation is 1. The Morgan fingerprint density at radius 1 is 1.39 bits per heavy atom. The molecule has 0 radical (unpaired) electrons. The first-order chi connectivity index (χ1) is 8.26. The smallest absolute Gasteiger partial charge is 0.191 e. The number of ether oxygens (including phenoxy) is 1. The van der Waals surface area contributed by atoms with Crippen molar-refractivity contribution in [2.75, 3.05) is 27.3 Å². The van der Waals surface area contributed by atoms with Gasteiger partial charge in [-0.1, -0.05) is 0 Å². The Labute approximate surface area is 130 Å². The van der Waals surface area contributed by atoms with Crippen molar-refractivity contribution in [2.24, 2.45) is 4.99 Å². The van der Waals surface area contributed by atoms with Crippen LogP contribution in [0.15, 0.2) is 17.1 Å². The van der Waals surface area contributed by atoms with Crippen molar-refractivity contribution in [1.82, 2.24) is 10.6 Å². The maximum atomic E-state index is 4.99. The quantitative estimate of drug-likeness (QED) is 0.343. The van der Waals surface area contributed by atoms with Crippen LogP contribution in [0.1, 0.15) is 16.2 Å². The van der Waals surface area contributed by atoms with E-state index in [2.05, 4.69) is 34.7 Å². The number of aliphatic imine (C=N–C) groups is 1. The molecule has 104 valence electrons. The molecule has 1 heterocycles. The summed E-state index contributed by atoms with van der Waals surface area (Å²) in [6.45, 7) is 4.58. The van der Waals surface area contributed by atoms with Crippen molar-refractivity contribution < 1.29 is 4.74 Å². The van der Waals surface area contributed by atoms with Crippen LogP contribution < -0.4 is 10.6 Å². The Hall–Kier alpha value is -0.340. The zero-order valence-electron chi connectivity index (χ0n) is 11.2. The normalized spacial score (nSPS) is 10.9. The van der Waals surface area contributed by atoms with Crippen molar-refractivity contribution in [3.05, 3.63) is 21.9 Å². The molecule has 0 saturated heterocycles. The first-order valence-corrected chi connectivity index (χ1v) is 6.56. The van der Waals surface area contributed by atoms with Crippen LogP contribution in [0.4, 0.5) is 0 Å². The maximum Gasteiger partial charge on any atom is 0.191 e. The van der Waals surface area contributed by atoms with Crippen LogP contribution in [0.3, 0.4) is 0 Å². The monoisotopic (exact) mass is 383 g/mol. The summed E-state index contributed by atoms with van der Waals surface area (Å²) in [6, 6.07) is 4.28. The number of nitrogens with one attached hydrogen (secondary N) is 2. The Balaban J connectivity index is 0.00000289. The summed E-state index contributed by atoms with van der Waals surface area (Å²) in [5, 5.41) is 6.53. The Kier molecular flexibility index (Phi) is 10.4. The number of methoxy groups -OCH3 is 1. The molecule has 0 aliphatic heterocycles. The lowest BCUT2D eigenvalue weighted by molar-refractivity contribution is 0.195. The van der Waals surface area contributed by atoms with Gasteiger partial charge in [0.25, 0.3) is 0 Å². The summed E-state index contributed by atoms with van der Waals surface area (Å²) in [7, 11) is 3.50. The largest absolute Gasteiger partial charge is 0.385 e. The van der Waals surface area contributed by atoms with Crippen LogP contribution in [0, 0.1) is 6.92 Å². The molecular formula is C12H22IN3OS. The molecule has 6 heteroatoms. The zero-order valence-corrected chi connectivity index (χ0v) is 14.3. The van der Waals surface area contributed by atoms with E-state index in [1.54, 1.807) is 25.5 Å². The number of guanidine groups is 1. The van der Waals surface area contributed by atoms with Gasteiger partial charge in [0.15, 0.2) is 5.96 Å². The van der Waals surface area contributed by atoms with E-state index >= 15 is 0 Å². The van der Waals surface area contributed by atoms with Gasteiger partial charge in [-0.25, -0.2) is 0 Å². The Bertz CT molecular complexity index is 355. The average molecular weight is 383 g/mol. The van der Waals surface area contributed by atoms with Gasteiger partial charge in [0.05, 0.1) is 6.54 Å². The summed E-state index contributed by atoms with van der Waals surface area (Å²) in [5.41, 5.74) is 0. The van der Waals surface area contributed by atoms with E-state index in [9.17, 15) is 0 Å². The molecule has 1 aromatic heterocycles. The molecule has 0 fully saturated rings. The third kappa shape index (κ3) is 7.17. The van der Waals surface area contributed by atoms with E-state index in [-0.39, 0.29) is 24.0 Å². The van der Waals surface area contributed by atoms with Crippen LogP contribution in [-0.4, -0.2) is 33.3 Å². The molecule has 2 N–H and O–H groups in total. The van der Waals surface area contributed by atoms with E-state index < -0.39 is 0 Å². The maximum absolute atomic E-state index is 4.99. The highest BCUT2D eigenvalue weighted by Crippen LogP contribution is 2.14. The van der Waals surface area contributed by atoms with Crippen LogP contribution >= 0.6 is 35.3 Å². The summed E-state index contributed by atoms with van der Waals surface area (Å²) < 4.78 is 4.99. The van der Waals surface area contributed by atoms with E-state index in [0.717, 1.165) is 32.1 Å². The number of thiophene rings is 1. The Morgan fingerprint density at radius 2 is 2.17 bits per heavy atom. The molecule has 0 bridgehead atoms. The van der Waals surface area contributed by atoms with Gasteiger partial charge in [0.1, 0.15) is 0 Å². The molecule has 0 spiro atoms. The van der Waals surface area contributed by atoms with Gasteiger partial charge in [0, 0.05) is 37.1 Å². The third-order valence-electron chi connectivity index (χ3n) is 2.27. The summed E-state index contributed by atoms with van der Waals surface area (Å²) in [5.74, 6) is 0.840. The standard InChI is InChI=1S/C12H21N3OS.HI/c1-10-5-6-11(17-10)9-15-12(13-2)14-7-4-8-16-3;/h5-6H,4,7-9H2,1-3H3,(H2,13,14,15);1H. The van der Waals surface area contributed by atoms with Gasteiger partial charge in [-0.05, 0) is 25.5 Å². The van der Waals surface area contributed by atoms with Crippen molar-refractivity contribution in [3.8, 4) is 0 Å². The molecule has 1 rings (SSSR count). The SMILES string of the molecule is CN=C(NCCCOC)NCc1ccc(C)s1.I. The van der Waals surface area contributed by atoms with Crippen molar-refractivity contribution in [2.45, 2.75) is 19.9 Å². The molecule has 0 aromatic carbocycles. The predicted molar refractivity (Wildman–Crippen MR) is 89.2 cm³/mol. The molecule has 1 aromatic rings. The van der Waals surface area contributed by atoms with Gasteiger partial charge < -0.3 is 15.4 Å². The first kappa shape index (κ1) is 17.7. The van der Waals surface area contributed by atoms with E-state index in [0.29, 0.717) is 0 Å². The number of rotatable bonds is 6. The molecule has 0 unspecified atom stereocenters. The van der Waals surface area contributed by atoms with Gasteiger partial charge in [-0.3, -0.25) is 4.99 Å². The lowest BCUT2D eigenvalue weighted by Gasteiger charge is -2.10. The molecule has 0 aliphatic rings. The molecule has 0 atom stereocenters. The van der Waals surface area contributed by atoms with Crippen LogP contribution in [0.5, 0.6) is 0 Å². The van der Waals surface area contributed by atoms with Crippen molar-refractivity contribution in [3.63, 3.8) is 0 Å².